The molecule has 1 atom stereocenters. The lowest BCUT2D eigenvalue weighted by Gasteiger charge is -2.42. The lowest BCUT2D eigenvalue weighted by atomic mass is 9.67. The highest BCUT2D eigenvalue weighted by atomic mass is 32.2. The van der Waals surface area contributed by atoms with Crippen LogP contribution in [-0.4, -0.2) is 51.3 Å². The first-order valence-corrected chi connectivity index (χ1v) is 8.41. The first-order valence-electron chi connectivity index (χ1n) is 7.12. The van der Waals surface area contributed by atoms with Crippen LogP contribution in [-0.2, 0) is 4.74 Å². The van der Waals surface area contributed by atoms with Crippen LogP contribution in [0.2, 0.25) is 0 Å². The summed E-state index contributed by atoms with van der Waals surface area (Å²) in [5.74, 6) is 0.921. The number of rotatable bonds is 8. The van der Waals surface area contributed by atoms with Gasteiger partial charge in [-0.25, -0.2) is 0 Å². The summed E-state index contributed by atoms with van der Waals surface area (Å²) in [6.07, 6.45) is 7.25. The smallest absolute Gasteiger partial charge is 0.191 e. The molecule has 4 nitrogen and oxygen atoms in total. The van der Waals surface area contributed by atoms with Gasteiger partial charge in [-0.05, 0) is 30.9 Å². The van der Waals surface area contributed by atoms with E-state index in [0.29, 0.717) is 10.7 Å². The zero-order valence-corrected chi connectivity index (χ0v) is 13.6. The second kappa shape index (κ2) is 8.69. The quantitative estimate of drug-likeness (QED) is 0.530. The molecule has 0 spiro atoms. The summed E-state index contributed by atoms with van der Waals surface area (Å²) in [5, 5.41) is 7.46. The van der Waals surface area contributed by atoms with E-state index in [2.05, 4.69) is 28.8 Å². The van der Waals surface area contributed by atoms with E-state index in [0.717, 1.165) is 32.1 Å². The summed E-state index contributed by atoms with van der Waals surface area (Å²) in [6, 6.07) is 0. The molecule has 112 valence electrons. The number of thioether (sulfide) groups is 1. The fraction of sp³-hybridized carbons (Fsp3) is 0.929. The zero-order chi connectivity index (χ0) is 14.1. The lowest BCUT2D eigenvalue weighted by molar-refractivity contribution is 0.0732. The Labute approximate surface area is 122 Å². The van der Waals surface area contributed by atoms with Crippen LogP contribution >= 0.6 is 11.8 Å². The minimum absolute atomic E-state index is 0.429. The summed E-state index contributed by atoms with van der Waals surface area (Å²) in [4.78, 5) is 4.29. The van der Waals surface area contributed by atoms with Crippen molar-refractivity contribution in [1.82, 2.24) is 10.6 Å². The second-order valence-electron chi connectivity index (χ2n) is 5.45. The molecule has 1 rings (SSSR count). The van der Waals surface area contributed by atoms with Crippen molar-refractivity contribution in [2.24, 2.45) is 10.4 Å². The second-order valence-corrected chi connectivity index (χ2v) is 6.73. The summed E-state index contributed by atoms with van der Waals surface area (Å²) in [7, 11) is 3.62. The molecule has 5 heteroatoms. The summed E-state index contributed by atoms with van der Waals surface area (Å²) in [6.45, 7) is 5.03. The van der Waals surface area contributed by atoms with E-state index in [-0.39, 0.29) is 0 Å². The Morgan fingerprint density at radius 1 is 1.42 bits per heavy atom. The highest BCUT2D eigenvalue weighted by Gasteiger charge is 2.36. The molecular formula is C14H29N3OS. The number of ether oxygens (including phenoxy) is 1. The zero-order valence-electron chi connectivity index (χ0n) is 12.8. The molecule has 1 aliphatic carbocycles. The van der Waals surface area contributed by atoms with E-state index in [1.54, 1.807) is 7.11 Å². The van der Waals surface area contributed by atoms with Crippen molar-refractivity contribution in [1.29, 1.82) is 0 Å². The predicted molar refractivity (Wildman–Crippen MR) is 85.1 cm³/mol. The van der Waals surface area contributed by atoms with Gasteiger partial charge in [0.15, 0.2) is 5.96 Å². The third-order valence-corrected chi connectivity index (χ3v) is 5.04. The Morgan fingerprint density at radius 3 is 2.63 bits per heavy atom. The van der Waals surface area contributed by atoms with Gasteiger partial charge in [-0.15, -0.1) is 0 Å². The number of guanidine groups is 1. The number of nitrogens with one attached hydrogen (secondary N) is 2. The SMILES string of the molecule is CN=C(NCC(C)SC)NCC1(CCOC)CCC1. The van der Waals surface area contributed by atoms with Crippen molar-refractivity contribution in [3.63, 3.8) is 0 Å². The molecule has 0 heterocycles. The van der Waals surface area contributed by atoms with E-state index >= 15 is 0 Å². The average molecular weight is 287 g/mol. The molecule has 0 aromatic heterocycles. The highest BCUT2D eigenvalue weighted by Crippen LogP contribution is 2.43. The first kappa shape index (κ1) is 16.6. The lowest BCUT2D eigenvalue weighted by Crippen LogP contribution is -2.47. The summed E-state index contributed by atoms with van der Waals surface area (Å²) in [5.41, 5.74) is 0.429. The van der Waals surface area contributed by atoms with Crippen LogP contribution in [0, 0.1) is 5.41 Å². The number of aliphatic imine (C=N–C) groups is 1. The van der Waals surface area contributed by atoms with Gasteiger partial charge in [0.1, 0.15) is 0 Å². The first-order chi connectivity index (χ1) is 9.15. The molecule has 0 amide bonds. The molecule has 0 aromatic rings. The van der Waals surface area contributed by atoms with Crippen molar-refractivity contribution in [2.45, 2.75) is 37.9 Å². The third-order valence-electron chi connectivity index (χ3n) is 4.06. The molecule has 0 aromatic carbocycles. The molecular weight excluding hydrogens is 258 g/mol. The van der Waals surface area contributed by atoms with Gasteiger partial charge in [0.05, 0.1) is 0 Å². The molecule has 0 saturated heterocycles. The maximum Gasteiger partial charge on any atom is 0.191 e. The van der Waals surface area contributed by atoms with Gasteiger partial charge >= 0.3 is 0 Å². The maximum absolute atomic E-state index is 5.22. The minimum atomic E-state index is 0.429. The molecule has 1 aliphatic rings. The Hall–Kier alpha value is -0.420. The van der Waals surface area contributed by atoms with E-state index < -0.39 is 0 Å². The van der Waals surface area contributed by atoms with Crippen molar-refractivity contribution >= 4 is 17.7 Å². The number of hydrogen-bond donors (Lipinski definition) is 2. The van der Waals surface area contributed by atoms with E-state index in [1.165, 1.54) is 19.3 Å². The third kappa shape index (κ3) is 5.61. The fourth-order valence-electron chi connectivity index (χ4n) is 2.33. The largest absolute Gasteiger partial charge is 0.385 e. The van der Waals surface area contributed by atoms with Crippen LogP contribution in [0.5, 0.6) is 0 Å². The van der Waals surface area contributed by atoms with E-state index in [1.807, 2.05) is 18.8 Å². The van der Waals surface area contributed by atoms with Crippen LogP contribution < -0.4 is 10.6 Å². The minimum Gasteiger partial charge on any atom is -0.385 e. The fourth-order valence-corrected chi connectivity index (χ4v) is 2.58. The molecule has 2 N–H and O–H groups in total. The number of nitrogens with zero attached hydrogens (tertiary/aromatic N) is 1. The molecule has 1 saturated carbocycles. The topological polar surface area (TPSA) is 45.7 Å². The van der Waals surface area contributed by atoms with E-state index in [4.69, 9.17) is 4.74 Å². The average Bonchev–Trinajstić information content (AvgIpc) is 2.39. The predicted octanol–water partition coefficient (Wildman–Crippen LogP) is 2.11. The Morgan fingerprint density at radius 2 is 2.16 bits per heavy atom. The van der Waals surface area contributed by atoms with Crippen molar-refractivity contribution in [3.8, 4) is 0 Å². The molecule has 1 fully saturated rings. The number of hydrogen-bond acceptors (Lipinski definition) is 3. The van der Waals surface area contributed by atoms with Crippen molar-refractivity contribution < 1.29 is 4.74 Å². The molecule has 0 radical (unpaired) electrons. The maximum atomic E-state index is 5.22. The molecule has 19 heavy (non-hydrogen) atoms. The Bertz CT molecular complexity index is 280. The van der Waals surface area contributed by atoms with Crippen LogP contribution in [0.25, 0.3) is 0 Å². The van der Waals surface area contributed by atoms with Crippen LogP contribution in [0.1, 0.15) is 32.6 Å². The van der Waals surface area contributed by atoms with Crippen LogP contribution in [0.15, 0.2) is 4.99 Å². The van der Waals surface area contributed by atoms with Crippen molar-refractivity contribution in [3.05, 3.63) is 0 Å². The summed E-state index contributed by atoms with van der Waals surface area (Å²) < 4.78 is 5.22. The van der Waals surface area contributed by atoms with Gasteiger partial charge in [0.2, 0.25) is 0 Å². The standard InChI is InChI=1S/C14H29N3OS/c1-12(19-4)10-16-13(15-2)17-11-14(6-5-7-14)8-9-18-3/h12H,5-11H2,1-4H3,(H2,15,16,17). The van der Waals surface area contributed by atoms with E-state index in [9.17, 15) is 0 Å². The molecule has 0 bridgehead atoms. The normalized spacial score (nSPS) is 19.7. The van der Waals surface area contributed by atoms with Gasteiger partial charge in [-0.3, -0.25) is 4.99 Å². The van der Waals surface area contributed by atoms with Gasteiger partial charge in [0.25, 0.3) is 0 Å². The van der Waals surface area contributed by atoms with Crippen LogP contribution in [0.3, 0.4) is 0 Å². The van der Waals surface area contributed by atoms with Crippen molar-refractivity contribution in [2.75, 3.05) is 40.1 Å². The monoisotopic (exact) mass is 287 g/mol. The Kier molecular flexibility index (Phi) is 7.61. The molecule has 0 aliphatic heterocycles. The van der Waals surface area contributed by atoms with Gasteiger partial charge in [-0.2, -0.15) is 11.8 Å². The number of methoxy groups -OCH3 is 1. The van der Waals surface area contributed by atoms with Gasteiger partial charge in [0, 0.05) is 39.1 Å². The summed E-state index contributed by atoms with van der Waals surface area (Å²) >= 11 is 1.87. The Balaban J connectivity index is 2.31. The molecule has 1 unspecified atom stereocenters. The van der Waals surface area contributed by atoms with Gasteiger partial charge < -0.3 is 15.4 Å². The van der Waals surface area contributed by atoms with Crippen LogP contribution in [0.4, 0.5) is 0 Å². The highest BCUT2D eigenvalue weighted by molar-refractivity contribution is 7.99. The van der Waals surface area contributed by atoms with Gasteiger partial charge in [-0.1, -0.05) is 13.3 Å².